The van der Waals surface area contributed by atoms with Gasteiger partial charge in [-0.05, 0) is 52.9 Å². The van der Waals surface area contributed by atoms with E-state index in [0.717, 1.165) is 6.42 Å². The zero-order valence-electron chi connectivity index (χ0n) is 12.1. The number of rotatable bonds is 10. The highest BCUT2D eigenvalue weighted by atomic mass is 14.0. The van der Waals surface area contributed by atoms with Crippen LogP contribution in [0.25, 0.3) is 0 Å². The highest BCUT2D eigenvalue weighted by molar-refractivity contribution is 5.04. The zero-order valence-corrected chi connectivity index (χ0v) is 12.1. The molecule has 0 radical (unpaired) electrons. The standard InChI is InChI=1S/C17H30/c1-5-13-17(7-3)15-12-10-8-9-11-14-16(4)6-2/h5-7H,1,8-15H2,2-4H3. The van der Waals surface area contributed by atoms with E-state index in [2.05, 4.69) is 39.5 Å². The Morgan fingerprint density at radius 2 is 1.47 bits per heavy atom. The van der Waals surface area contributed by atoms with Crippen molar-refractivity contribution in [2.24, 2.45) is 0 Å². The molecule has 17 heavy (non-hydrogen) atoms. The summed E-state index contributed by atoms with van der Waals surface area (Å²) < 4.78 is 0. The molecule has 0 atom stereocenters. The van der Waals surface area contributed by atoms with E-state index in [1.165, 1.54) is 50.5 Å². The first kappa shape index (κ1) is 16.2. The van der Waals surface area contributed by atoms with Crippen LogP contribution in [0.15, 0.2) is 36.0 Å². The third kappa shape index (κ3) is 10.1. The predicted octanol–water partition coefficient (Wildman–Crippen LogP) is 6.21. The zero-order chi connectivity index (χ0) is 12.9. The average molecular weight is 234 g/mol. The molecule has 0 aromatic carbocycles. The molecule has 0 saturated carbocycles. The Hall–Kier alpha value is -0.780. The van der Waals surface area contributed by atoms with Crippen LogP contribution in [-0.4, -0.2) is 0 Å². The van der Waals surface area contributed by atoms with Crippen molar-refractivity contribution in [2.75, 3.05) is 0 Å². The Balaban J connectivity index is 3.37. The molecule has 0 nitrogen and oxygen atoms in total. The molecular weight excluding hydrogens is 204 g/mol. The van der Waals surface area contributed by atoms with E-state index in [4.69, 9.17) is 0 Å². The maximum absolute atomic E-state index is 3.80. The molecule has 0 aliphatic heterocycles. The van der Waals surface area contributed by atoms with E-state index in [-0.39, 0.29) is 0 Å². The van der Waals surface area contributed by atoms with Crippen molar-refractivity contribution in [1.29, 1.82) is 0 Å². The van der Waals surface area contributed by atoms with Crippen LogP contribution >= 0.6 is 0 Å². The van der Waals surface area contributed by atoms with Crippen LogP contribution in [0.2, 0.25) is 0 Å². The molecule has 0 rings (SSSR count). The van der Waals surface area contributed by atoms with Crippen LogP contribution in [-0.2, 0) is 0 Å². The molecular formula is C17H30. The summed E-state index contributed by atoms with van der Waals surface area (Å²) in [5, 5.41) is 0. The van der Waals surface area contributed by atoms with Crippen molar-refractivity contribution in [3.05, 3.63) is 36.0 Å². The lowest BCUT2D eigenvalue weighted by Gasteiger charge is -2.04. The van der Waals surface area contributed by atoms with Gasteiger partial charge in [0.25, 0.3) is 0 Å². The lowest BCUT2D eigenvalue weighted by molar-refractivity contribution is 0.609. The summed E-state index contributed by atoms with van der Waals surface area (Å²) in [5.74, 6) is 0. The van der Waals surface area contributed by atoms with E-state index >= 15 is 0 Å². The molecule has 0 unspecified atom stereocenters. The van der Waals surface area contributed by atoms with Crippen molar-refractivity contribution >= 4 is 0 Å². The molecule has 0 aliphatic rings. The van der Waals surface area contributed by atoms with E-state index in [1.807, 2.05) is 6.08 Å². The molecule has 0 N–H and O–H groups in total. The van der Waals surface area contributed by atoms with Gasteiger partial charge < -0.3 is 0 Å². The lowest BCUT2D eigenvalue weighted by Crippen LogP contribution is -1.85. The Morgan fingerprint density at radius 1 is 0.882 bits per heavy atom. The van der Waals surface area contributed by atoms with E-state index in [9.17, 15) is 0 Å². The summed E-state index contributed by atoms with van der Waals surface area (Å²) in [6, 6.07) is 0. The molecule has 0 amide bonds. The Kier molecular flexibility index (Phi) is 11.2. The molecule has 0 bridgehead atoms. The first-order valence-corrected chi connectivity index (χ1v) is 7.11. The van der Waals surface area contributed by atoms with Gasteiger partial charge in [0, 0.05) is 0 Å². The van der Waals surface area contributed by atoms with Crippen LogP contribution in [0, 0.1) is 0 Å². The first-order valence-electron chi connectivity index (χ1n) is 7.11. The second kappa shape index (κ2) is 11.7. The third-order valence-electron chi connectivity index (χ3n) is 3.38. The minimum atomic E-state index is 1.07. The summed E-state index contributed by atoms with van der Waals surface area (Å²) in [5.41, 5.74) is 3.08. The molecule has 0 heteroatoms. The number of unbranched alkanes of at least 4 members (excludes halogenated alkanes) is 4. The fraction of sp³-hybridized carbons (Fsp3) is 0.647. The topological polar surface area (TPSA) is 0 Å². The van der Waals surface area contributed by atoms with Gasteiger partial charge in [0.1, 0.15) is 0 Å². The molecule has 0 spiro atoms. The third-order valence-corrected chi connectivity index (χ3v) is 3.38. The van der Waals surface area contributed by atoms with Crippen molar-refractivity contribution in [3.8, 4) is 0 Å². The van der Waals surface area contributed by atoms with E-state index in [1.54, 1.807) is 5.57 Å². The monoisotopic (exact) mass is 234 g/mol. The fourth-order valence-corrected chi connectivity index (χ4v) is 1.98. The minimum Gasteiger partial charge on any atom is -0.103 e. The van der Waals surface area contributed by atoms with Crippen LogP contribution < -0.4 is 0 Å². The summed E-state index contributed by atoms with van der Waals surface area (Å²) in [6.07, 6.45) is 17.0. The van der Waals surface area contributed by atoms with Gasteiger partial charge >= 0.3 is 0 Å². The smallest absolute Gasteiger partial charge is 0.0142 e. The van der Waals surface area contributed by atoms with Crippen LogP contribution in [0.1, 0.15) is 72.1 Å². The lowest BCUT2D eigenvalue weighted by atomic mass is 10.0. The van der Waals surface area contributed by atoms with Gasteiger partial charge in [-0.2, -0.15) is 0 Å². The summed E-state index contributed by atoms with van der Waals surface area (Å²) in [6.45, 7) is 10.3. The van der Waals surface area contributed by atoms with Crippen molar-refractivity contribution in [1.82, 2.24) is 0 Å². The average Bonchev–Trinajstić information content (AvgIpc) is 2.35. The summed E-state index contributed by atoms with van der Waals surface area (Å²) in [4.78, 5) is 0. The van der Waals surface area contributed by atoms with Crippen LogP contribution in [0.5, 0.6) is 0 Å². The van der Waals surface area contributed by atoms with Gasteiger partial charge in [0.2, 0.25) is 0 Å². The summed E-state index contributed by atoms with van der Waals surface area (Å²) in [7, 11) is 0. The van der Waals surface area contributed by atoms with Crippen molar-refractivity contribution in [2.45, 2.75) is 72.1 Å². The summed E-state index contributed by atoms with van der Waals surface area (Å²) >= 11 is 0. The number of allylic oxidation sites excluding steroid dienone is 5. The van der Waals surface area contributed by atoms with Crippen molar-refractivity contribution < 1.29 is 0 Å². The Labute approximate surface area is 109 Å². The molecule has 0 aromatic heterocycles. The van der Waals surface area contributed by atoms with Gasteiger partial charge in [-0.1, -0.05) is 48.6 Å². The van der Waals surface area contributed by atoms with Gasteiger partial charge in [0.15, 0.2) is 0 Å². The highest BCUT2D eigenvalue weighted by Crippen LogP contribution is 2.15. The second-order valence-electron chi connectivity index (χ2n) is 4.84. The SMILES string of the molecule is C=CCC(=CC)CCCCCCCC(C)=CC. The van der Waals surface area contributed by atoms with Gasteiger partial charge in [0.05, 0.1) is 0 Å². The Morgan fingerprint density at radius 3 is 2.00 bits per heavy atom. The molecule has 0 aromatic rings. The first-order chi connectivity index (χ1) is 8.24. The molecule has 0 aliphatic carbocycles. The largest absolute Gasteiger partial charge is 0.103 e. The van der Waals surface area contributed by atoms with Gasteiger partial charge in [-0.3, -0.25) is 0 Å². The Bertz CT molecular complexity index is 243. The number of hydrogen-bond acceptors (Lipinski definition) is 0. The minimum absolute atomic E-state index is 1.07. The molecule has 0 fully saturated rings. The van der Waals surface area contributed by atoms with E-state index < -0.39 is 0 Å². The van der Waals surface area contributed by atoms with Crippen molar-refractivity contribution in [3.63, 3.8) is 0 Å². The molecule has 0 heterocycles. The quantitative estimate of drug-likeness (QED) is 0.311. The number of hydrogen-bond donors (Lipinski definition) is 0. The fourth-order valence-electron chi connectivity index (χ4n) is 1.98. The van der Waals surface area contributed by atoms with E-state index in [0.29, 0.717) is 0 Å². The normalized spacial score (nSPS) is 12.9. The van der Waals surface area contributed by atoms with Crippen LogP contribution in [0.4, 0.5) is 0 Å². The van der Waals surface area contributed by atoms with Gasteiger partial charge in [-0.15, -0.1) is 6.58 Å². The van der Waals surface area contributed by atoms with Crippen LogP contribution in [0.3, 0.4) is 0 Å². The second-order valence-corrected chi connectivity index (χ2v) is 4.84. The maximum atomic E-state index is 3.80. The molecule has 98 valence electrons. The molecule has 0 saturated heterocycles. The predicted molar refractivity (Wildman–Crippen MR) is 80.3 cm³/mol. The van der Waals surface area contributed by atoms with Gasteiger partial charge in [-0.25, -0.2) is 0 Å². The maximum Gasteiger partial charge on any atom is -0.0142 e. The highest BCUT2D eigenvalue weighted by Gasteiger charge is 1.95.